The lowest BCUT2D eigenvalue weighted by molar-refractivity contribution is -0.140. The highest BCUT2D eigenvalue weighted by Gasteiger charge is 2.39. The molecule has 1 aromatic rings. The normalized spacial score (nSPS) is 14.7. The number of hydrogen-bond donors (Lipinski definition) is 0. The van der Waals surface area contributed by atoms with E-state index in [2.05, 4.69) is 6.07 Å². The van der Waals surface area contributed by atoms with E-state index in [0.717, 1.165) is 17.0 Å². The summed E-state index contributed by atoms with van der Waals surface area (Å²) in [6, 6.07) is 9.00. The van der Waals surface area contributed by atoms with Gasteiger partial charge in [0, 0.05) is 18.4 Å². The molecule has 0 unspecified atom stereocenters. The lowest BCUT2D eigenvalue weighted by atomic mass is 9.79. The second kappa shape index (κ2) is 9.92. The van der Waals surface area contributed by atoms with Crippen LogP contribution in [0.3, 0.4) is 0 Å². The number of allylic oxidation sites excluding steroid dienone is 2. The number of esters is 2. The van der Waals surface area contributed by atoms with Crippen LogP contribution in [-0.2, 0) is 19.1 Å². The van der Waals surface area contributed by atoms with Crippen molar-refractivity contribution in [1.29, 1.82) is 5.26 Å². The Morgan fingerprint density at radius 2 is 1.41 bits per heavy atom. The van der Waals surface area contributed by atoms with E-state index in [4.69, 9.17) is 14.7 Å². The summed E-state index contributed by atoms with van der Waals surface area (Å²) in [5.41, 5.74) is 3.53. The van der Waals surface area contributed by atoms with E-state index in [9.17, 15) is 9.59 Å². The molecule has 6 nitrogen and oxygen atoms in total. The summed E-state index contributed by atoms with van der Waals surface area (Å²) < 4.78 is 10.9. The minimum Gasteiger partial charge on any atom is -0.462 e. The van der Waals surface area contributed by atoms with E-state index < -0.39 is 17.9 Å². The smallest absolute Gasteiger partial charge is 0.336 e. The monoisotopic (exact) mass is 396 g/mol. The van der Waals surface area contributed by atoms with Crippen LogP contribution in [0.1, 0.15) is 57.6 Å². The molecule has 29 heavy (non-hydrogen) atoms. The van der Waals surface area contributed by atoms with E-state index in [-0.39, 0.29) is 0 Å². The first-order valence-electron chi connectivity index (χ1n) is 9.86. The van der Waals surface area contributed by atoms with Gasteiger partial charge in [-0.2, -0.15) is 5.26 Å². The molecule has 1 heterocycles. The molecule has 0 radical (unpaired) electrons. The minimum atomic E-state index is -0.618. The number of nitrogens with zero attached hydrogens (tertiary/aromatic N) is 2. The average molecular weight is 396 g/mol. The van der Waals surface area contributed by atoms with Crippen molar-refractivity contribution in [3.8, 4) is 6.07 Å². The van der Waals surface area contributed by atoms with Crippen molar-refractivity contribution in [2.75, 3.05) is 20.3 Å². The lowest BCUT2D eigenvalue weighted by Crippen LogP contribution is -2.33. The van der Waals surface area contributed by atoms with Gasteiger partial charge < -0.3 is 14.4 Å². The predicted octanol–water partition coefficient (Wildman–Crippen LogP) is 4.04. The highest BCUT2D eigenvalue weighted by Crippen LogP contribution is 2.42. The van der Waals surface area contributed by atoms with Crippen molar-refractivity contribution in [3.63, 3.8) is 0 Å². The molecule has 154 valence electrons. The molecule has 0 N–H and O–H groups in total. The molecule has 1 aliphatic heterocycles. The first-order chi connectivity index (χ1) is 13.9. The molecule has 0 aromatic heterocycles. The zero-order chi connectivity index (χ0) is 21.6. The van der Waals surface area contributed by atoms with Crippen molar-refractivity contribution < 1.29 is 19.1 Å². The van der Waals surface area contributed by atoms with Crippen molar-refractivity contribution >= 4 is 11.9 Å². The molecule has 6 heteroatoms. The van der Waals surface area contributed by atoms with Gasteiger partial charge in [0.1, 0.15) is 0 Å². The summed E-state index contributed by atoms with van der Waals surface area (Å²) in [6.07, 6.45) is 1.41. The Hall–Kier alpha value is -3.07. The second-order valence-corrected chi connectivity index (χ2v) is 7.00. The number of nitriles is 1. The van der Waals surface area contributed by atoms with Gasteiger partial charge in [-0.3, -0.25) is 0 Å². The van der Waals surface area contributed by atoms with Crippen LogP contribution in [0.2, 0.25) is 0 Å². The van der Waals surface area contributed by atoms with Crippen molar-refractivity contribution in [2.24, 2.45) is 0 Å². The summed E-state index contributed by atoms with van der Waals surface area (Å²) in [4.78, 5) is 27.8. The van der Waals surface area contributed by atoms with E-state index in [1.54, 1.807) is 24.3 Å². The van der Waals surface area contributed by atoms with Gasteiger partial charge in [0.15, 0.2) is 0 Å². The number of hydrogen-bond acceptors (Lipinski definition) is 6. The van der Waals surface area contributed by atoms with Crippen LogP contribution in [0.5, 0.6) is 0 Å². The molecule has 0 amide bonds. The molecule has 1 aromatic carbocycles. The lowest BCUT2D eigenvalue weighted by Gasteiger charge is -2.35. The average Bonchev–Trinajstić information content (AvgIpc) is 2.73. The molecule has 2 rings (SSSR count). The van der Waals surface area contributed by atoms with Gasteiger partial charge >= 0.3 is 11.9 Å². The van der Waals surface area contributed by atoms with Gasteiger partial charge in [-0.05, 0) is 44.4 Å². The summed E-state index contributed by atoms with van der Waals surface area (Å²) in [5, 5.41) is 9.11. The quantitative estimate of drug-likeness (QED) is 0.647. The minimum absolute atomic E-state index is 0.303. The van der Waals surface area contributed by atoms with Gasteiger partial charge in [0.05, 0.1) is 41.9 Å². The summed E-state index contributed by atoms with van der Waals surface area (Å²) in [6.45, 7) is 8.15. The Kier molecular flexibility index (Phi) is 7.60. The summed E-state index contributed by atoms with van der Waals surface area (Å²) in [5.74, 6) is -1.51. The number of ether oxygens (including phenoxy) is 2. The van der Waals surface area contributed by atoms with Crippen LogP contribution in [0.15, 0.2) is 46.8 Å². The molecule has 0 bridgehead atoms. The summed E-state index contributed by atoms with van der Waals surface area (Å²) >= 11 is 0. The van der Waals surface area contributed by atoms with Crippen LogP contribution in [0.4, 0.5) is 0 Å². The maximum absolute atomic E-state index is 13.0. The Balaban J connectivity index is 2.64. The Labute approximate surface area is 172 Å². The Morgan fingerprint density at radius 1 is 0.966 bits per heavy atom. The fraction of sp³-hybridized carbons (Fsp3) is 0.435. The molecule has 0 saturated heterocycles. The van der Waals surface area contributed by atoms with Crippen LogP contribution in [0, 0.1) is 11.3 Å². The largest absolute Gasteiger partial charge is 0.462 e. The first-order valence-corrected chi connectivity index (χ1v) is 9.86. The number of rotatable bonds is 7. The van der Waals surface area contributed by atoms with Gasteiger partial charge in [0.2, 0.25) is 0 Å². The first kappa shape index (κ1) is 22.2. The summed E-state index contributed by atoms with van der Waals surface area (Å²) in [7, 11) is 1.82. The van der Waals surface area contributed by atoms with Crippen LogP contribution < -0.4 is 0 Å². The van der Waals surface area contributed by atoms with Crippen molar-refractivity contribution in [1.82, 2.24) is 4.90 Å². The zero-order valence-corrected chi connectivity index (χ0v) is 17.7. The standard InChI is InChI=1S/C23H28N2O4/c1-6-12-28-22(26)19-15(3)25(5)16(4)20(23(27)29-13-7-2)21(19)18-10-8-17(14-24)9-11-18/h8-11,21H,6-7,12-13H2,1-5H3. The number of carbonyl (C=O) groups is 2. The molecule has 0 atom stereocenters. The Morgan fingerprint density at radius 3 is 1.79 bits per heavy atom. The number of benzene rings is 1. The fourth-order valence-corrected chi connectivity index (χ4v) is 3.33. The van der Waals surface area contributed by atoms with E-state index >= 15 is 0 Å². The highest BCUT2D eigenvalue weighted by molar-refractivity contribution is 5.99. The van der Waals surface area contributed by atoms with E-state index in [0.29, 0.717) is 42.8 Å². The molecular formula is C23H28N2O4. The molecule has 0 spiro atoms. The van der Waals surface area contributed by atoms with Crippen molar-refractivity contribution in [2.45, 2.75) is 46.5 Å². The van der Waals surface area contributed by atoms with E-state index in [1.807, 2.05) is 39.6 Å². The molecule has 0 aliphatic carbocycles. The van der Waals surface area contributed by atoms with Gasteiger partial charge in [0.25, 0.3) is 0 Å². The Bertz CT molecular complexity index is 831. The third-order valence-electron chi connectivity index (χ3n) is 5.05. The van der Waals surface area contributed by atoms with Gasteiger partial charge in [-0.25, -0.2) is 9.59 Å². The van der Waals surface area contributed by atoms with E-state index in [1.165, 1.54) is 0 Å². The zero-order valence-electron chi connectivity index (χ0n) is 17.7. The fourth-order valence-electron chi connectivity index (χ4n) is 3.33. The second-order valence-electron chi connectivity index (χ2n) is 7.00. The third-order valence-corrected chi connectivity index (χ3v) is 5.05. The van der Waals surface area contributed by atoms with Gasteiger partial charge in [-0.15, -0.1) is 0 Å². The van der Waals surface area contributed by atoms with Gasteiger partial charge in [-0.1, -0.05) is 26.0 Å². The SMILES string of the molecule is CCCOC(=O)C1=C(C)N(C)C(C)=C(C(=O)OCCC)C1c1ccc(C#N)cc1. The van der Waals surface area contributed by atoms with Crippen LogP contribution >= 0.6 is 0 Å². The maximum Gasteiger partial charge on any atom is 0.336 e. The topological polar surface area (TPSA) is 79.6 Å². The molecular weight excluding hydrogens is 368 g/mol. The predicted molar refractivity (Wildman–Crippen MR) is 110 cm³/mol. The van der Waals surface area contributed by atoms with Crippen LogP contribution in [-0.4, -0.2) is 37.1 Å². The molecule has 1 aliphatic rings. The molecule has 0 saturated carbocycles. The number of carbonyl (C=O) groups excluding carboxylic acids is 2. The molecule has 0 fully saturated rings. The van der Waals surface area contributed by atoms with Crippen molar-refractivity contribution in [3.05, 3.63) is 57.9 Å². The third kappa shape index (κ3) is 4.68. The highest BCUT2D eigenvalue weighted by atomic mass is 16.5. The van der Waals surface area contributed by atoms with Crippen LogP contribution in [0.25, 0.3) is 0 Å². The maximum atomic E-state index is 13.0.